The molecule has 0 aromatic heterocycles. The van der Waals surface area contributed by atoms with Gasteiger partial charge in [-0.1, -0.05) is 48.5 Å². The van der Waals surface area contributed by atoms with E-state index < -0.39 is 11.7 Å². The van der Waals surface area contributed by atoms with Crippen LogP contribution in [0.5, 0.6) is 0 Å². The molecule has 0 heterocycles. The zero-order valence-electron chi connectivity index (χ0n) is 11.3. The van der Waals surface area contributed by atoms with Gasteiger partial charge in [0.05, 0.1) is 11.7 Å². The number of aliphatic hydroxyl groups is 2. The molecule has 0 saturated carbocycles. The summed E-state index contributed by atoms with van der Waals surface area (Å²) in [6, 6.07) is 16.1. The Morgan fingerprint density at radius 3 is 2.45 bits per heavy atom. The molecule has 0 amide bonds. The molecule has 0 aliphatic heterocycles. The Morgan fingerprint density at radius 1 is 0.950 bits per heavy atom. The molecule has 2 aromatic carbocycles. The molecule has 0 fully saturated rings. The summed E-state index contributed by atoms with van der Waals surface area (Å²) in [5.74, 6) is -0.136. The molecule has 0 radical (unpaired) electrons. The number of rotatable bonds is 1. The van der Waals surface area contributed by atoms with E-state index in [1.807, 2.05) is 36.4 Å². The number of hydrogen-bond acceptors (Lipinski definition) is 2. The highest BCUT2D eigenvalue weighted by Crippen LogP contribution is 2.51. The lowest BCUT2D eigenvalue weighted by Gasteiger charge is -2.33. The van der Waals surface area contributed by atoms with Crippen LogP contribution < -0.4 is 0 Å². The van der Waals surface area contributed by atoms with Crippen LogP contribution in [-0.4, -0.2) is 10.2 Å². The largest absolute Gasteiger partial charge is 0.388 e. The van der Waals surface area contributed by atoms with Crippen LogP contribution in [0.15, 0.2) is 48.5 Å². The second kappa shape index (κ2) is 4.18. The number of hydrogen-bond donors (Lipinski definition) is 2. The number of aliphatic hydroxyl groups excluding tert-OH is 1. The SMILES string of the molecule is OC1c2ccccc2CC1C1(O)CCc2ccccc21. The average Bonchev–Trinajstić information content (AvgIpc) is 3.00. The third kappa shape index (κ3) is 1.52. The van der Waals surface area contributed by atoms with Gasteiger partial charge in [0.15, 0.2) is 0 Å². The third-order valence-corrected chi connectivity index (χ3v) is 5.07. The van der Waals surface area contributed by atoms with Crippen LogP contribution in [0.3, 0.4) is 0 Å². The maximum Gasteiger partial charge on any atom is 0.0961 e. The highest BCUT2D eigenvalue weighted by atomic mass is 16.3. The van der Waals surface area contributed by atoms with Crippen molar-refractivity contribution in [1.82, 2.24) is 0 Å². The van der Waals surface area contributed by atoms with Crippen LogP contribution in [0.4, 0.5) is 0 Å². The van der Waals surface area contributed by atoms with Gasteiger partial charge >= 0.3 is 0 Å². The first-order valence-electron chi connectivity index (χ1n) is 7.27. The summed E-state index contributed by atoms with van der Waals surface area (Å²) in [4.78, 5) is 0. The monoisotopic (exact) mass is 266 g/mol. The molecule has 0 saturated heterocycles. The lowest BCUT2D eigenvalue weighted by molar-refractivity contribution is -0.0698. The van der Waals surface area contributed by atoms with Gasteiger partial charge in [0.25, 0.3) is 0 Å². The van der Waals surface area contributed by atoms with E-state index in [4.69, 9.17) is 0 Å². The van der Waals surface area contributed by atoms with Gasteiger partial charge in [-0.2, -0.15) is 0 Å². The smallest absolute Gasteiger partial charge is 0.0961 e. The minimum absolute atomic E-state index is 0.136. The van der Waals surface area contributed by atoms with Crippen molar-refractivity contribution in [2.75, 3.05) is 0 Å². The summed E-state index contributed by atoms with van der Waals surface area (Å²) in [7, 11) is 0. The zero-order chi connectivity index (χ0) is 13.7. The van der Waals surface area contributed by atoms with E-state index in [2.05, 4.69) is 12.1 Å². The maximum atomic E-state index is 11.2. The fourth-order valence-electron chi connectivity index (χ4n) is 4.01. The van der Waals surface area contributed by atoms with Gasteiger partial charge in [-0.3, -0.25) is 0 Å². The summed E-state index contributed by atoms with van der Waals surface area (Å²) in [5.41, 5.74) is 3.49. The molecule has 102 valence electrons. The van der Waals surface area contributed by atoms with Crippen molar-refractivity contribution in [3.05, 3.63) is 70.8 Å². The van der Waals surface area contributed by atoms with Crippen molar-refractivity contribution in [2.45, 2.75) is 31.0 Å². The van der Waals surface area contributed by atoms with Crippen LogP contribution in [-0.2, 0) is 18.4 Å². The zero-order valence-corrected chi connectivity index (χ0v) is 11.3. The Kier molecular flexibility index (Phi) is 2.53. The standard InChI is InChI=1S/C18H18O2/c19-17-14-7-3-1-6-13(14)11-16(17)18(20)10-9-12-5-2-4-8-15(12)18/h1-8,16-17,19-20H,9-11H2. The summed E-state index contributed by atoms with van der Waals surface area (Å²) < 4.78 is 0. The van der Waals surface area contributed by atoms with Gasteiger partial charge in [0.2, 0.25) is 0 Å². The van der Waals surface area contributed by atoms with E-state index >= 15 is 0 Å². The summed E-state index contributed by atoms with van der Waals surface area (Å²) in [6.45, 7) is 0. The van der Waals surface area contributed by atoms with E-state index in [1.165, 1.54) is 11.1 Å². The van der Waals surface area contributed by atoms with Crippen LogP contribution in [0.2, 0.25) is 0 Å². The van der Waals surface area contributed by atoms with E-state index in [-0.39, 0.29) is 5.92 Å². The van der Waals surface area contributed by atoms with Gasteiger partial charge in [0, 0.05) is 5.92 Å². The highest BCUT2D eigenvalue weighted by Gasteiger charge is 2.49. The fraction of sp³-hybridized carbons (Fsp3) is 0.333. The first-order valence-corrected chi connectivity index (χ1v) is 7.27. The van der Waals surface area contributed by atoms with E-state index in [0.29, 0.717) is 6.42 Å². The molecular weight excluding hydrogens is 248 g/mol. The normalized spacial score (nSPS) is 31.1. The summed E-state index contributed by atoms with van der Waals surface area (Å²) in [6.07, 6.45) is 1.79. The number of fused-ring (bicyclic) bond motifs is 2. The molecule has 2 heteroatoms. The Labute approximate surface area is 118 Å². The maximum absolute atomic E-state index is 11.2. The molecular formula is C18H18O2. The molecule has 2 nitrogen and oxygen atoms in total. The molecule has 2 N–H and O–H groups in total. The van der Waals surface area contributed by atoms with Crippen molar-refractivity contribution in [2.24, 2.45) is 5.92 Å². The molecule has 2 aromatic rings. The van der Waals surface area contributed by atoms with Crippen LogP contribution in [0.25, 0.3) is 0 Å². The molecule has 20 heavy (non-hydrogen) atoms. The predicted molar refractivity (Wildman–Crippen MR) is 77.3 cm³/mol. The van der Waals surface area contributed by atoms with E-state index in [9.17, 15) is 10.2 Å². The van der Waals surface area contributed by atoms with Crippen molar-refractivity contribution >= 4 is 0 Å². The molecule has 0 spiro atoms. The minimum Gasteiger partial charge on any atom is -0.388 e. The predicted octanol–water partition coefficient (Wildman–Crippen LogP) is 2.73. The van der Waals surface area contributed by atoms with Crippen molar-refractivity contribution in [1.29, 1.82) is 0 Å². The second-order valence-electron chi connectivity index (χ2n) is 6.04. The Hall–Kier alpha value is -1.64. The average molecular weight is 266 g/mol. The van der Waals surface area contributed by atoms with Crippen LogP contribution in [0, 0.1) is 5.92 Å². The molecule has 3 unspecified atom stereocenters. The van der Waals surface area contributed by atoms with Crippen molar-refractivity contribution in [3.63, 3.8) is 0 Å². The van der Waals surface area contributed by atoms with Gasteiger partial charge in [-0.25, -0.2) is 0 Å². The Bertz CT molecular complexity index is 664. The van der Waals surface area contributed by atoms with Crippen LogP contribution >= 0.6 is 0 Å². The molecule has 0 bridgehead atoms. The van der Waals surface area contributed by atoms with Gasteiger partial charge in [-0.15, -0.1) is 0 Å². The van der Waals surface area contributed by atoms with Crippen molar-refractivity contribution < 1.29 is 10.2 Å². The van der Waals surface area contributed by atoms with Gasteiger partial charge in [0.1, 0.15) is 0 Å². The molecule has 2 aliphatic rings. The lowest BCUT2D eigenvalue weighted by Crippen LogP contribution is -2.35. The minimum atomic E-state index is -0.894. The van der Waals surface area contributed by atoms with E-state index in [0.717, 1.165) is 24.0 Å². The first-order chi connectivity index (χ1) is 9.70. The van der Waals surface area contributed by atoms with Gasteiger partial charge in [-0.05, 0) is 41.5 Å². The second-order valence-corrected chi connectivity index (χ2v) is 6.04. The van der Waals surface area contributed by atoms with E-state index in [1.54, 1.807) is 0 Å². The Morgan fingerprint density at radius 2 is 1.65 bits per heavy atom. The quantitative estimate of drug-likeness (QED) is 0.833. The summed E-state index contributed by atoms with van der Waals surface area (Å²) >= 11 is 0. The summed E-state index contributed by atoms with van der Waals surface area (Å²) in [5, 5.41) is 21.9. The fourth-order valence-corrected chi connectivity index (χ4v) is 4.01. The number of benzene rings is 2. The van der Waals surface area contributed by atoms with Gasteiger partial charge < -0.3 is 10.2 Å². The van der Waals surface area contributed by atoms with Crippen molar-refractivity contribution in [3.8, 4) is 0 Å². The third-order valence-electron chi connectivity index (χ3n) is 5.07. The first kappa shape index (κ1) is 12.1. The highest BCUT2D eigenvalue weighted by molar-refractivity contribution is 5.42. The molecule has 3 atom stereocenters. The molecule has 2 aliphatic carbocycles. The van der Waals surface area contributed by atoms with Crippen LogP contribution in [0.1, 0.15) is 34.8 Å². The topological polar surface area (TPSA) is 40.5 Å². The molecule has 4 rings (SSSR count). The number of aryl methyl sites for hydroxylation is 1. The lowest BCUT2D eigenvalue weighted by atomic mass is 9.79. The Balaban J connectivity index is 1.77.